The molecular formula is C25H19Cl2FN2O2. The number of nitrogens with one attached hydrogen (secondary N) is 1. The van der Waals surface area contributed by atoms with E-state index in [2.05, 4.69) is 5.32 Å². The summed E-state index contributed by atoms with van der Waals surface area (Å²) in [5.74, 6) is -0.618. The Bertz CT molecular complexity index is 1210. The number of rotatable bonds is 6. The predicted molar refractivity (Wildman–Crippen MR) is 125 cm³/mol. The lowest BCUT2D eigenvalue weighted by Gasteiger charge is -2.11. The Morgan fingerprint density at radius 1 is 1.09 bits per heavy atom. The summed E-state index contributed by atoms with van der Waals surface area (Å²) in [6.07, 6.45) is 1.40. The third-order valence-electron chi connectivity index (χ3n) is 4.62. The standard InChI is InChI=1S/C25H19Cl2FN2O2/c1-15-3-8-23(16(2)9-15)30-25(31)19(13-29)10-18-11-21(26)24(22(27)12-18)32-14-17-4-6-20(28)7-5-17/h3-12H,14H2,1-2H3,(H,30,31)/b19-10+. The number of benzene rings is 3. The van der Waals surface area contributed by atoms with Crippen molar-refractivity contribution in [3.8, 4) is 11.8 Å². The molecule has 0 aliphatic heterocycles. The smallest absolute Gasteiger partial charge is 0.266 e. The lowest BCUT2D eigenvalue weighted by atomic mass is 10.1. The molecule has 3 aromatic carbocycles. The number of halogens is 3. The molecule has 1 amide bonds. The van der Waals surface area contributed by atoms with Gasteiger partial charge >= 0.3 is 0 Å². The monoisotopic (exact) mass is 468 g/mol. The molecule has 0 fully saturated rings. The van der Waals surface area contributed by atoms with E-state index in [0.717, 1.165) is 16.7 Å². The van der Waals surface area contributed by atoms with Crippen LogP contribution in [0.5, 0.6) is 5.75 Å². The molecule has 0 atom stereocenters. The zero-order chi connectivity index (χ0) is 23.3. The Morgan fingerprint density at radius 2 is 1.75 bits per heavy atom. The van der Waals surface area contributed by atoms with Crippen LogP contribution in [0.4, 0.5) is 10.1 Å². The topological polar surface area (TPSA) is 62.1 Å². The second kappa shape index (κ2) is 10.3. The lowest BCUT2D eigenvalue weighted by Crippen LogP contribution is -2.14. The molecule has 162 valence electrons. The quantitative estimate of drug-likeness (QED) is 0.316. The Balaban J connectivity index is 1.77. The molecule has 0 heterocycles. The van der Waals surface area contributed by atoms with E-state index in [9.17, 15) is 14.4 Å². The van der Waals surface area contributed by atoms with Crippen molar-refractivity contribution in [3.05, 3.63) is 98.3 Å². The molecule has 7 heteroatoms. The van der Waals surface area contributed by atoms with Gasteiger partial charge in [0, 0.05) is 5.69 Å². The molecule has 0 aromatic heterocycles. The van der Waals surface area contributed by atoms with E-state index < -0.39 is 5.91 Å². The maximum Gasteiger partial charge on any atom is 0.266 e. The average Bonchev–Trinajstić information content (AvgIpc) is 2.74. The van der Waals surface area contributed by atoms with E-state index in [1.54, 1.807) is 30.3 Å². The third kappa shape index (κ3) is 5.88. The molecule has 0 aliphatic carbocycles. The summed E-state index contributed by atoms with van der Waals surface area (Å²) in [6.45, 7) is 3.99. The van der Waals surface area contributed by atoms with Gasteiger partial charge in [-0.05, 0) is 66.9 Å². The van der Waals surface area contributed by atoms with Gasteiger partial charge in [-0.25, -0.2) is 4.39 Å². The van der Waals surface area contributed by atoms with Crippen molar-refractivity contribution in [2.45, 2.75) is 20.5 Å². The summed E-state index contributed by atoms with van der Waals surface area (Å²) in [4.78, 5) is 12.6. The van der Waals surface area contributed by atoms with Gasteiger partial charge in [-0.2, -0.15) is 5.26 Å². The van der Waals surface area contributed by atoms with Crippen molar-refractivity contribution in [1.82, 2.24) is 0 Å². The van der Waals surface area contributed by atoms with Crippen molar-refractivity contribution < 1.29 is 13.9 Å². The third-order valence-corrected chi connectivity index (χ3v) is 5.18. The van der Waals surface area contributed by atoms with Crippen LogP contribution in [0, 0.1) is 31.0 Å². The Kier molecular flexibility index (Phi) is 7.53. The first-order valence-electron chi connectivity index (χ1n) is 9.63. The summed E-state index contributed by atoms with van der Waals surface area (Å²) in [7, 11) is 0. The van der Waals surface area contributed by atoms with E-state index in [1.807, 2.05) is 32.0 Å². The van der Waals surface area contributed by atoms with E-state index in [0.29, 0.717) is 11.3 Å². The number of carbonyl (C=O) groups is 1. The molecule has 3 aromatic rings. The van der Waals surface area contributed by atoms with Gasteiger partial charge < -0.3 is 10.1 Å². The predicted octanol–water partition coefficient (Wildman–Crippen LogP) is 6.87. The molecule has 0 unspecified atom stereocenters. The van der Waals surface area contributed by atoms with Crippen molar-refractivity contribution in [2.24, 2.45) is 0 Å². The summed E-state index contributed by atoms with van der Waals surface area (Å²) < 4.78 is 18.7. The molecular weight excluding hydrogens is 450 g/mol. The highest BCUT2D eigenvalue weighted by atomic mass is 35.5. The SMILES string of the molecule is Cc1ccc(NC(=O)/C(C#N)=C/c2cc(Cl)c(OCc3ccc(F)cc3)c(Cl)c2)c(C)c1. The number of amides is 1. The summed E-state index contributed by atoms with van der Waals surface area (Å²) in [6, 6.07) is 16.5. The van der Waals surface area contributed by atoms with E-state index in [4.69, 9.17) is 27.9 Å². The minimum atomic E-state index is -0.539. The normalized spacial score (nSPS) is 11.1. The highest BCUT2D eigenvalue weighted by molar-refractivity contribution is 6.37. The van der Waals surface area contributed by atoms with Crippen LogP contribution in [0.25, 0.3) is 6.08 Å². The molecule has 0 aliphatic rings. The maximum atomic E-state index is 13.0. The zero-order valence-corrected chi connectivity index (χ0v) is 18.9. The lowest BCUT2D eigenvalue weighted by molar-refractivity contribution is -0.112. The van der Waals surface area contributed by atoms with Gasteiger partial charge in [0.05, 0.1) is 10.0 Å². The number of hydrogen-bond donors (Lipinski definition) is 1. The molecule has 0 saturated heterocycles. The van der Waals surface area contributed by atoms with Gasteiger partial charge in [0.2, 0.25) is 0 Å². The number of hydrogen-bond acceptors (Lipinski definition) is 3. The molecule has 4 nitrogen and oxygen atoms in total. The van der Waals surface area contributed by atoms with Crippen LogP contribution >= 0.6 is 23.2 Å². The fraction of sp³-hybridized carbons (Fsp3) is 0.120. The van der Waals surface area contributed by atoms with Crippen LogP contribution in [0.2, 0.25) is 10.0 Å². The minimum absolute atomic E-state index is 0.0999. The fourth-order valence-electron chi connectivity index (χ4n) is 3.00. The number of aryl methyl sites for hydroxylation is 2. The molecule has 0 spiro atoms. The maximum absolute atomic E-state index is 13.0. The number of nitrogens with zero attached hydrogens (tertiary/aromatic N) is 1. The zero-order valence-electron chi connectivity index (χ0n) is 17.4. The highest BCUT2D eigenvalue weighted by Crippen LogP contribution is 2.35. The summed E-state index contributed by atoms with van der Waals surface area (Å²) in [5, 5.41) is 12.7. The largest absolute Gasteiger partial charge is 0.486 e. The number of nitriles is 1. The number of anilines is 1. The Labute approximate surface area is 195 Å². The molecule has 3 rings (SSSR count). The van der Waals surface area contributed by atoms with E-state index in [-0.39, 0.29) is 33.8 Å². The Morgan fingerprint density at radius 3 is 2.34 bits per heavy atom. The second-order valence-corrected chi connectivity index (χ2v) is 7.99. The molecule has 0 bridgehead atoms. The fourth-order valence-corrected chi connectivity index (χ4v) is 3.61. The van der Waals surface area contributed by atoms with Crippen LogP contribution < -0.4 is 10.1 Å². The van der Waals surface area contributed by atoms with Crippen molar-refractivity contribution >= 4 is 40.9 Å². The van der Waals surface area contributed by atoms with Crippen LogP contribution in [0.15, 0.2) is 60.2 Å². The molecule has 0 radical (unpaired) electrons. The summed E-state index contributed by atoms with van der Waals surface area (Å²) >= 11 is 12.6. The van der Waals surface area contributed by atoms with Crippen LogP contribution in [-0.4, -0.2) is 5.91 Å². The first-order valence-corrected chi connectivity index (χ1v) is 10.4. The Hall–Kier alpha value is -3.33. The molecule has 0 saturated carbocycles. The van der Waals surface area contributed by atoms with E-state index >= 15 is 0 Å². The van der Waals surface area contributed by atoms with E-state index in [1.165, 1.54) is 18.2 Å². The van der Waals surface area contributed by atoms with Gasteiger partial charge in [0.15, 0.2) is 5.75 Å². The average molecular weight is 469 g/mol. The summed E-state index contributed by atoms with van der Waals surface area (Å²) in [5.41, 5.74) is 3.71. The molecule has 1 N–H and O–H groups in total. The highest BCUT2D eigenvalue weighted by Gasteiger charge is 2.14. The minimum Gasteiger partial charge on any atom is -0.486 e. The van der Waals surface area contributed by atoms with Crippen molar-refractivity contribution in [2.75, 3.05) is 5.32 Å². The van der Waals surface area contributed by atoms with Crippen LogP contribution in [0.3, 0.4) is 0 Å². The van der Waals surface area contributed by atoms with Gasteiger partial charge in [-0.1, -0.05) is 53.0 Å². The molecule has 32 heavy (non-hydrogen) atoms. The number of carbonyl (C=O) groups excluding carboxylic acids is 1. The van der Waals surface area contributed by atoms with Crippen LogP contribution in [0.1, 0.15) is 22.3 Å². The van der Waals surface area contributed by atoms with Gasteiger partial charge in [-0.3, -0.25) is 4.79 Å². The number of ether oxygens (including phenoxy) is 1. The van der Waals surface area contributed by atoms with Crippen molar-refractivity contribution in [3.63, 3.8) is 0 Å². The first kappa shape index (κ1) is 23.3. The van der Waals surface area contributed by atoms with Gasteiger partial charge in [0.1, 0.15) is 24.1 Å². The first-order chi connectivity index (χ1) is 15.3. The van der Waals surface area contributed by atoms with Crippen LogP contribution in [-0.2, 0) is 11.4 Å². The second-order valence-electron chi connectivity index (χ2n) is 7.17. The van der Waals surface area contributed by atoms with Gasteiger partial charge in [-0.15, -0.1) is 0 Å². The van der Waals surface area contributed by atoms with Gasteiger partial charge in [0.25, 0.3) is 5.91 Å². The van der Waals surface area contributed by atoms with Crippen molar-refractivity contribution in [1.29, 1.82) is 5.26 Å².